The zero-order valence-electron chi connectivity index (χ0n) is 9.29. The Morgan fingerprint density at radius 1 is 1.41 bits per heavy atom. The first kappa shape index (κ1) is 10.2. The lowest BCUT2D eigenvalue weighted by Gasteiger charge is -2.05. The smallest absolute Gasteiger partial charge is 0.151 e. The molecule has 1 N–H and O–H groups in total. The summed E-state index contributed by atoms with van der Waals surface area (Å²) in [6.07, 6.45) is 1.70. The molecule has 0 aliphatic rings. The van der Waals surface area contributed by atoms with E-state index < -0.39 is 0 Å². The molecule has 2 aromatic heterocycles. The van der Waals surface area contributed by atoms with Gasteiger partial charge in [-0.2, -0.15) is 0 Å². The zero-order valence-corrected chi connectivity index (χ0v) is 10.1. The molecule has 0 aliphatic carbocycles. The highest BCUT2D eigenvalue weighted by Gasteiger charge is 2.02. The molecule has 0 saturated carbocycles. The minimum Gasteiger partial charge on any atom is -0.378 e. The summed E-state index contributed by atoms with van der Waals surface area (Å²) in [4.78, 5) is 4.25. The summed E-state index contributed by atoms with van der Waals surface area (Å²) in [5.41, 5.74) is 3.97. The fourth-order valence-electron chi connectivity index (χ4n) is 1.61. The molecule has 0 aliphatic heterocycles. The number of aryl methyl sites for hydroxylation is 1. The summed E-state index contributed by atoms with van der Waals surface area (Å²) < 4.78 is 3.09. The second-order valence-electron chi connectivity index (χ2n) is 3.75. The third kappa shape index (κ3) is 1.99. The molecule has 0 saturated heterocycles. The number of aromatic nitrogens is 4. The Hall–Kier alpha value is -1.95. The predicted octanol–water partition coefficient (Wildman–Crippen LogP) is 2.04. The van der Waals surface area contributed by atoms with Gasteiger partial charge in [0.2, 0.25) is 0 Å². The minimum atomic E-state index is 0.667. The number of hydrogen-bond donors (Lipinski definition) is 1. The van der Waals surface area contributed by atoms with Gasteiger partial charge in [0.1, 0.15) is 6.33 Å². The average Bonchev–Trinajstić information content (AvgIpc) is 2.94. The Morgan fingerprint density at radius 3 is 3.18 bits per heavy atom. The van der Waals surface area contributed by atoms with Crippen LogP contribution in [0, 0.1) is 0 Å². The van der Waals surface area contributed by atoms with Crippen LogP contribution in [0.3, 0.4) is 0 Å². The van der Waals surface area contributed by atoms with Gasteiger partial charge in [0, 0.05) is 12.7 Å². The summed E-state index contributed by atoms with van der Waals surface area (Å²) >= 11 is 1.64. The van der Waals surface area contributed by atoms with E-state index in [4.69, 9.17) is 0 Å². The van der Waals surface area contributed by atoms with Crippen LogP contribution >= 0.6 is 11.3 Å². The van der Waals surface area contributed by atoms with E-state index in [1.165, 1.54) is 4.70 Å². The van der Waals surface area contributed by atoms with Crippen LogP contribution in [-0.4, -0.2) is 19.7 Å². The molecule has 0 bridgehead atoms. The lowest BCUT2D eigenvalue weighted by molar-refractivity contribution is 0.812. The van der Waals surface area contributed by atoms with Gasteiger partial charge in [-0.25, -0.2) is 4.98 Å². The van der Waals surface area contributed by atoms with E-state index in [0.717, 1.165) is 17.0 Å². The monoisotopic (exact) mass is 245 g/mol. The molecule has 17 heavy (non-hydrogen) atoms. The van der Waals surface area contributed by atoms with Crippen LogP contribution in [-0.2, 0) is 13.6 Å². The van der Waals surface area contributed by atoms with Crippen molar-refractivity contribution in [2.75, 3.05) is 5.32 Å². The Labute approximate surface area is 102 Å². The number of rotatable bonds is 3. The van der Waals surface area contributed by atoms with E-state index in [1.54, 1.807) is 17.7 Å². The molecular formula is C11H11N5S. The summed E-state index contributed by atoms with van der Waals surface area (Å²) in [6.45, 7) is 0.667. The SMILES string of the molecule is Cn1cnnc1CNc1ccc2ncsc2c1. The van der Waals surface area contributed by atoms with Crippen LogP contribution in [0.1, 0.15) is 5.82 Å². The van der Waals surface area contributed by atoms with Gasteiger partial charge in [0.15, 0.2) is 5.82 Å². The van der Waals surface area contributed by atoms with Crippen LogP contribution in [0.15, 0.2) is 30.0 Å². The van der Waals surface area contributed by atoms with Crippen LogP contribution in [0.4, 0.5) is 5.69 Å². The molecule has 3 aromatic rings. The molecule has 0 amide bonds. The molecular weight excluding hydrogens is 234 g/mol. The van der Waals surface area contributed by atoms with Crippen LogP contribution in [0.2, 0.25) is 0 Å². The highest BCUT2D eigenvalue weighted by molar-refractivity contribution is 7.16. The number of benzene rings is 1. The second kappa shape index (κ2) is 4.14. The van der Waals surface area contributed by atoms with Crippen molar-refractivity contribution in [2.45, 2.75) is 6.54 Å². The molecule has 6 heteroatoms. The largest absolute Gasteiger partial charge is 0.378 e. The summed E-state index contributed by atoms with van der Waals surface area (Å²) in [6, 6.07) is 6.15. The first-order valence-corrected chi connectivity index (χ1v) is 6.11. The number of thiazole rings is 1. The minimum absolute atomic E-state index is 0.667. The maximum atomic E-state index is 4.25. The zero-order chi connectivity index (χ0) is 11.7. The van der Waals surface area contributed by atoms with Gasteiger partial charge in [-0.1, -0.05) is 0 Å². The van der Waals surface area contributed by atoms with Gasteiger partial charge in [-0.05, 0) is 18.2 Å². The summed E-state index contributed by atoms with van der Waals surface area (Å²) in [5.74, 6) is 0.911. The summed E-state index contributed by atoms with van der Waals surface area (Å²) in [7, 11) is 1.93. The molecule has 0 atom stereocenters. The normalized spacial score (nSPS) is 10.9. The fraction of sp³-hybridized carbons (Fsp3) is 0.182. The molecule has 0 fully saturated rings. The van der Waals surface area contributed by atoms with E-state index in [-0.39, 0.29) is 0 Å². The highest BCUT2D eigenvalue weighted by Crippen LogP contribution is 2.21. The third-order valence-corrected chi connectivity index (χ3v) is 3.38. The van der Waals surface area contributed by atoms with Gasteiger partial charge in [0.05, 0.1) is 22.3 Å². The van der Waals surface area contributed by atoms with Crippen molar-refractivity contribution in [1.29, 1.82) is 0 Å². The molecule has 2 heterocycles. The van der Waals surface area contributed by atoms with E-state index in [9.17, 15) is 0 Å². The molecule has 3 rings (SSSR count). The lowest BCUT2D eigenvalue weighted by Crippen LogP contribution is -2.05. The third-order valence-electron chi connectivity index (χ3n) is 2.59. The van der Waals surface area contributed by atoms with E-state index >= 15 is 0 Å². The maximum Gasteiger partial charge on any atom is 0.151 e. The quantitative estimate of drug-likeness (QED) is 0.767. The number of hydrogen-bond acceptors (Lipinski definition) is 5. The number of fused-ring (bicyclic) bond motifs is 1. The molecule has 1 aromatic carbocycles. The lowest BCUT2D eigenvalue weighted by atomic mass is 10.3. The Morgan fingerprint density at radius 2 is 2.35 bits per heavy atom. The first-order chi connectivity index (χ1) is 8.33. The Balaban J connectivity index is 1.78. The Kier molecular flexibility index (Phi) is 2.49. The van der Waals surface area contributed by atoms with Crippen molar-refractivity contribution in [1.82, 2.24) is 19.7 Å². The average molecular weight is 245 g/mol. The molecule has 0 radical (unpaired) electrons. The van der Waals surface area contributed by atoms with E-state index in [0.29, 0.717) is 6.54 Å². The van der Waals surface area contributed by atoms with E-state index in [2.05, 4.69) is 26.6 Å². The van der Waals surface area contributed by atoms with E-state index in [1.807, 2.05) is 29.3 Å². The second-order valence-corrected chi connectivity index (χ2v) is 4.63. The maximum absolute atomic E-state index is 4.25. The molecule has 5 nitrogen and oxygen atoms in total. The van der Waals surface area contributed by atoms with Crippen molar-refractivity contribution < 1.29 is 0 Å². The first-order valence-electron chi connectivity index (χ1n) is 5.23. The van der Waals surface area contributed by atoms with Crippen molar-refractivity contribution in [3.63, 3.8) is 0 Å². The predicted molar refractivity (Wildman–Crippen MR) is 67.9 cm³/mol. The molecule has 0 spiro atoms. The van der Waals surface area contributed by atoms with Crippen molar-refractivity contribution in [2.24, 2.45) is 7.05 Å². The van der Waals surface area contributed by atoms with Gasteiger partial charge >= 0.3 is 0 Å². The Bertz CT molecular complexity index is 642. The van der Waals surface area contributed by atoms with Crippen LogP contribution < -0.4 is 5.32 Å². The van der Waals surface area contributed by atoms with Gasteiger partial charge in [-0.3, -0.25) is 0 Å². The van der Waals surface area contributed by atoms with Crippen LogP contribution in [0.5, 0.6) is 0 Å². The van der Waals surface area contributed by atoms with Gasteiger partial charge in [0.25, 0.3) is 0 Å². The number of nitrogens with one attached hydrogen (secondary N) is 1. The van der Waals surface area contributed by atoms with Crippen molar-refractivity contribution in [3.8, 4) is 0 Å². The highest BCUT2D eigenvalue weighted by atomic mass is 32.1. The number of anilines is 1. The van der Waals surface area contributed by atoms with Gasteiger partial charge in [-0.15, -0.1) is 21.5 Å². The fourth-order valence-corrected chi connectivity index (χ4v) is 2.33. The van der Waals surface area contributed by atoms with Crippen LogP contribution in [0.25, 0.3) is 10.2 Å². The topological polar surface area (TPSA) is 55.6 Å². The molecule has 0 unspecified atom stereocenters. The van der Waals surface area contributed by atoms with Crippen molar-refractivity contribution >= 4 is 27.2 Å². The van der Waals surface area contributed by atoms with Gasteiger partial charge < -0.3 is 9.88 Å². The van der Waals surface area contributed by atoms with Crippen molar-refractivity contribution in [3.05, 3.63) is 35.9 Å². The summed E-state index contributed by atoms with van der Waals surface area (Å²) in [5, 5.41) is 11.2. The number of nitrogens with zero attached hydrogens (tertiary/aromatic N) is 4. The molecule has 86 valence electrons. The standard InChI is InChI=1S/C11H11N5S/c1-16-6-14-15-11(16)5-12-8-2-3-9-10(4-8)17-7-13-9/h2-4,6-7,12H,5H2,1H3.